The van der Waals surface area contributed by atoms with Crippen molar-refractivity contribution in [2.24, 2.45) is 5.41 Å². The molecule has 0 aromatic rings. The molecule has 0 aromatic heterocycles. The maximum Gasteiger partial charge on any atom is 0.0497 e. The second-order valence-electron chi connectivity index (χ2n) is 6.00. The zero-order valence-electron chi connectivity index (χ0n) is 12.1. The molecule has 0 bridgehead atoms. The van der Waals surface area contributed by atoms with Gasteiger partial charge in [-0.25, -0.2) is 0 Å². The minimum atomic E-state index is 0.0863. The molecule has 0 aliphatic carbocycles. The molecule has 0 aromatic carbocycles. The Balaban J connectivity index is 2.50. The number of hydrogen-bond acceptors (Lipinski definition) is 3. The van der Waals surface area contributed by atoms with Gasteiger partial charge in [0.05, 0.1) is 0 Å². The minimum absolute atomic E-state index is 0.0863. The summed E-state index contributed by atoms with van der Waals surface area (Å²) in [6.07, 6.45) is 3.49. The lowest BCUT2D eigenvalue weighted by molar-refractivity contribution is 0.0333. The van der Waals surface area contributed by atoms with Crippen molar-refractivity contribution >= 4 is 0 Å². The van der Waals surface area contributed by atoms with Gasteiger partial charge >= 0.3 is 0 Å². The molecule has 1 heterocycles. The topological polar surface area (TPSA) is 26.7 Å². The van der Waals surface area contributed by atoms with Crippen molar-refractivity contribution < 1.29 is 5.11 Å². The van der Waals surface area contributed by atoms with E-state index in [4.69, 9.17) is 0 Å². The fourth-order valence-corrected chi connectivity index (χ4v) is 2.95. The third-order valence-corrected chi connectivity index (χ3v) is 4.17. The first kappa shape index (κ1) is 14.9. The first-order valence-corrected chi connectivity index (χ1v) is 7.08. The molecule has 1 rings (SSSR count). The Bertz CT molecular complexity index is 222. The SMILES string of the molecule is CCCC(C)(CO)CN1CCN(C)C(CC)C1. The molecule has 3 heteroatoms. The summed E-state index contributed by atoms with van der Waals surface area (Å²) in [5.41, 5.74) is 0.0863. The second kappa shape index (κ2) is 6.72. The third-order valence-electron chi connectivity index (χ3n) is 4.17. The molecule has 1 fully saturated rings. The summed E-state index contributed by atoms with van der Waals surface area (Å²) in [6.45, 7) is 11.5. The highest BCUT2D eigenvalue weighted by atomic mass is 16.3. The van der Waals surface area contributed by atoms with Crippen molar-refractivity contribution in [1.82, 2.24) is 9.80 Å². The van der Waals surface area contributed by atoms with Crippen LogP contribution in [0, 0.1) is 5.41 Å². The molecule has 102 valence electrons. The van der Waals surface area contributed by atoms with E-state index in [0.717, 1.165) is 39.0 Å². The lowest BCUT2D eigenvalue weighted by Gasteiger charge is -2.42. The van der Waals surface area contributed by atoms with E-state index in [1.54, 1.807) is 0 Å². The molecule has 1 saturated heterocycles. The quantitative estimate of drug-likeness (QED) is 0.769. The van der Waals surface area contributed by atoms with Gasteiger partial charge in [-0.1, -0.05) is 27.2 Å². The van der Waals surface area contributed by atoms with Crippen LogP contribution in [0.15, 0.2) is 0 Å². The van der Waals surface area contributed by atoms with Crippen LogP contribution in [-0.4, -0.2) is 60.8 Å². The van der Waals surface area contributed by atoms with Crippen LogP contribution < -0.4 is 0 Å². The van der Waals surface area contributed by atoms with Gasteiger partial charge in [-0.3, -0.25) is 4.90 Å². The minimum Gasteiger partial charge on any atom is -0.396 e. The predicted molar refractivity (Wildman–Crippen MR) is 73.2 cm³/mol. The summed E-state index contributed by atoms with van der Waals surface area (Å²) >= 11 is 0. The summed E-state index contributed by atoms with van der Waals surface area (Å²) in [5.74, 6) is 0. The molecule has 1 aliphatic rings. The smallest absolute Gasteiger partial charge is 0.0497 e. The molecule has 1 N–H and O–H groups in total. The maximum atomic E-state index is 9.59. The predicted octanol–water partition coefficient (Wildman–Crippen LogP) is 1.81. The van der Waals surface area contributed by atoms with Gasteiger partial charge < -0.3 is 10.0 Å². The number of piperazine rings is 1. The van der Waals surface area contributed by atoms with Gasteiger partial charge in [-0.15, -0.1) is 0 Å². The van der Waals surface area contributed by atoms with Gasteiger partial charge in [-0.2, -0.15) is 0 Å². The summed E-state index contributed by atoms with van der Waals surface area (Å²) in [4.78, 5) is 5.01. The molecular weight excluding hydrogens is 212 g/mol. The van der Waals surface area contributed by atoms with Crippen LogP contribution in [0.5, 0.6) is 0 Å². The monoisotopic (exact) mass is 242 g/mol. The number of aliphatic hydroxyl groups excluding tert-OH is 1. The Morgan fingerprint density at radius 2 is 2.00 bits per heavy atom. The molecule has 2 atom stereocenters. The molecular formula is C14H30N2O. The molecule has 1 aliphatic heterocycles. The summed E-state index contributed by atoms with van der Waals surface area (Å²) in [7, 11) is 2.22. The van der Waals surface area contributed by atoms with Crippen LogP contribution >= 0.6 is 0 Å². The van der Waals surface area contributed by atoms with Crippen LogP contribution in [0.3, 0.4) is 0 Å². The number of hydrogen-bond donors (Lipinski definition) is 1. The van der Waals surface area contributed by atoms with E-state index < -0.39 is 0 Å². The number of aliphatic hydroxyl groups is 1. The Labute approximate surface area is 107 Å². The van der Waals surface area contributed by atoms with Gasteiger partial charge in [0, 0.05) is 44.2 Å². The summed E-state index contributed by atoms with van der Waals surface area (Å²) in [6, 6.07) is 0.688. The Morgan fingerprint density at radius 3 is 2.53 bits per heavy atom. The van der Waals surface area contributed by atoms with Crippen molar-refractivity contribution in [3.63, 3.8) is 0 Å². The lowest BCUT2D eigenvalue weighted by Crippen LogP contribution is -2.53. The fraction of sp³-hybridized carbons (Fsp3) is 1.00. The van der Waals surface area contributed by atoms with Crippen LogP contribution in [0.25, 0.3) is 0 Å². The Kier molecular flexibility index (Phi) is 5.90. The van der Waals surface area contributed by atoms with Crippen molar-refractivity contribution in [3.8, 4) is 0 Å². The van der Waals surface area contributed by atoms with Crippen molar-refractivity contribution in [2.45, 2.75) is 46.1 Å². The third kappa shape index (κ3) is 4.23. The largest absolute Gasteiger partial charge is 0.396 e. The van der Waals surface area contributed by atoms with E-state index in [-0.39, 0.29) is 5.41 Å². The highest BCUT2D eigenvalue weighted by Crippen LogP contribution is 2.25. The van der Waals surface area contributed by atoms with Crippen LogP contribution in [0.2, 0.25) is 0 Å². The van der Waals surface area contributed by atoms with Crippen LogP contribution in [0.1, 0.15) is 40.0 Å². The fourth-order valence-electron chi connectivity index (χ4n) is 2.95. The molecule has 0 saturated carbocycles. The molecule has 3 nitrogen and oxygen atoms in total. The standard InChI is InChI=1S/C14H30N2O/c1-5-7-14(3,12-17)11-16-9-8-15(4)13(6-2)10-16/h13,17H,5-12H2,1-4H3. The first-order valence-electron chi connectivity index (χ1n) is 7.08. The molecule has 2 unspecified atom stereocenters. The highest BCUT2D eigenvalue weighted by Gasteiger charge is 2.29. The van der Waals surface area contributed by atoms with E-state index in [0.29, 0.717) is 12.6 Å². The number of rotatable bonds is 6. The van der Waals surface area contributed by atoms with Gasteiger partial charge in [0.25, 0.3) is 0 Å². The molecule has 0 radical (unpaired) electrons. The van der Waals surface area contributed by atoms with Crippen molar-refractivity contribution in [1.29, 1.82) is 0 Å². The average molecular weight is 242 g/mol. The molecule has 0 spiro atoms. The van der Waals surface area contributed by atoms with Gasteiger partial charge in [-0.05, 0) is 19.9 Å². The van der Waals surface area contributed by atoms with Gasteiger partial charge in [0.1, 0.15) is 0 Å². The van der Waals surface area contributed by atoms with Crippen molar-refractivity contribution in [2.75, 3.05) is 39.8 Å². The van der Waals surface area contributed by atoms with E-state index in [1.807, 2.05) is 0 Å². The number of likely N-dealkylation sites (N-methyl/N-ethyl adjacent to an activating group) is 1. The molecule has 0 amide bonds. The van der Waals surface area contributed by atoms with E-state index >= 15 is 0 Å². The van der Waals surface area contributed by atoms with Crippen molar-refractivity contribution in [3.05, 3.63) is 0 Å². The zero-order chi connectivity index (χ0) is 12.9. The first-order chi connectivity index (χ1) is 8.04. The average Bonchev–Trinajstić information content (AvgIpc) is 2.32. The Morgan fingerprint density at radius 1 is 1.29 bits per heavy atom. The van der Waals surface area contributed by atoms with Crippen LogP contribution in [0.4, 0.5) is 0 Å². The van der Waals surface area contributed by atoms with Gasteiger partial charge in [0.2, 0.25) is 0 Å². The summed E-state index contributed by atoms with van der Waals surface area (Å²) < 4.78 is 0. The normalized spacial score (nSPS) is 27.0. The summed E-state index contributed by atoms with van der Waals surface area (Å²) in [5, 5.41) is 9.59. The second-order valence-corrected chi connectivity index (χ2v) is 6.00. The van der Waals surface area contributed by atoms with E-state index in [2.05, 4.69) is 37.6 Å². The van der Waals surface area contributed by atoms with E-state index in [9.17, 15) is 5.11 Å². The molecule has 17 heavy (non-hydrogen) atoms. The lowest BCUT2D eigenvalue weighted by atomic mass is 9.85. The Hall–Kier alpha value is -0.120. The van der Waals surface area contributed by atoms with E-state index in [1.165, 1.54) is 6.42 Å². The zero-order valence-corrected chi connectivity index (χ0v) is 12.1. The number of nitrogens with zero attached hydrogens (tertiary/aromatic N) is 2. The maximum absolute atomic E-state index is 9.59. The highest BCUT2D eigenvalue weighted by molar-refractivity contribution is 4.84. The van der Waals surface area contributed by atoms with Gasteiger partial charge in [0.15, 0.2) is 0 Å². The van der Waals surface area contributed by atoms with Crippen LogP contribution in [-0.2, 0) is 0 Å².